The number of esters is 1. The second-order valence-electron chi connectivity index (χ2n) is 6.32. The SMILES string of the molecule is CCOC(=O)CCN1CCC(NC(=O)OC(C)(C)C)CC1. The minimum absolute atomic E-state index is 0.147. The van der Waals surface area contributed by atoms with Gasteiger partial charge >= 0.3 is 12.1 Å². The van der Waals surface area contributed by atoms with Gasteiger partial charge in [0.1, 0.15) is 5.60 Å². The van der Waals surface area contributed by atoms with Crippen LogP contribution < -0.4 is 5.32 Å². The van der Waals surface area contributed by atoms with E-state index in [1.54, 1.807) is 0 Å². The smallest absolute Gasteiger partial charge is 0.407 e. The van der Waals surface area contributed by atoms with Gasteiger partial charge in [-0.15, -0.1) is 0 Å². The van der Waals surface area contributed by atoms with Crippen molar-refractivity contribution in [3.63, 3.8) is 0 Å². The Kier molecular flexibility index (Phi) is 6.95. The van der Waals surface area contributed by atoms with Gasteiger partial charge in [-0.2, -0.15) is 0 Å². The van der Waals surface area contributed by atoms with E-state index in [4.69, 9.17) is 9.47 Å². The maximum Gasteiger partial charge on any atom is 0.407 e. The van der Waals surface area contributed by atoms with Crippen molar-refractivity contribution in [3.05, 3.63) is 0 Å². The van der Waals surface area contributed by atoms with Gasteiger partial charge in [0.15, 0.2) is 0 Å². The highest BCUT2D eigenvalue weighted by molar-refractivity contribution is 5.69. The number of likely N-dealkylation sites (tertiary alicyclic amines) is 1. The average Bonchev–Trinajstić information content (AvgIpc) is 2.36. The van der Waals surface area contributed by atoms with Crippen molar-refractivity contribution >= 4 is 12.1 Å². The maximum atomic E-state index is 11.7. The van der Waals surface area contributed by atoms with Gasteiger partial charge < -0.3 is 19.7 Å². The van der Waals surface area contributed by atoms with E-state index < -0.39 is 5.60 Å². The van der Waals surface area contributed by atoms with Crippen LogP contribution in [0.15, 0.2) is 0 Å². The molecule has 0 aromatic rings. The Labute approximate surface area is 127 Å². The van der Waals surface area contributed by atoms with Crippen molar-refractivity contribution in [2.45, 2.75) is 58.6 Å². The van der Waals surface area contributed by atoms with Gasteiger partial charge in [-0.1, -0.05) is 0 Å². The van der Waals surface area contributed by atoms with Crippen molar-refractivity contribution in [2.24, 2.45) is 0 Å². The van der Waals surface area contributed by atoms with Crippen molar-refractivity contribution in [3.8, 4) is 0 Å². The molecule has 1 fully saturated rings. The summed E-state index contributed by atoms with van der Waals surface area (Å²) in [7, 11) is 0. The lowest BCUT2D eigenvalue weighted by atomic mass is 10.1. The molecule has 1 saturated heterocycles. The molecule has 6 nitrogen and oxygen atoms in total. The molecule has 0 unspecified atom stereocenters. The number of nitrogens with zero attached hydrogens (tertiary/aromatic N) is 1. The number of ether oxygens (including phenoxy) is 2. The average molecular weight is 300 g/mol. The maximum absolute atomic E-state index is 11.7. The molecule has 1 rings (SSSR count). The third-order valence-corrected chi connectivity index (χ3v) is 3.25. The molecular formula is C15H28N2O4. The minimum Gasteiger partial charge on any atom is -0.466 e. The minimum atomic E-state index is -0.468. The number of hydrogen-bond acceptors (Lipinski definition) is 5. The fourth-order valence-corrected chi connectivity index (χ4v) is 2.26. The van der Waals surface area contributed by atoms with E-state index in [1.165, 1.54) is 0 Å². The largest absolute Gasteiger partial charge is 0.466 e. The van der Waals surface area contributed by atoms with Crippen LogP contribution in [0.3, 0.4) is 0 Å². The molecule has 1 heterocycles. The fraction of sp³-hybridized carbons (Fsp3) is 0.867. The van der Waals surface area contributed by atoms with Crippen LogP contribution >= 0.6 is 0 Å². The lowest BCUT2D eigenvalue weighted by Crippen LogP contribution is -2.46. The molecule has 0 atom stereocenters. The second-order valence-corrected chi connectivity index (χ2v) is 6.32. The number of rotatable bonds is 5. The number of hydrogen-bond donors (Lipinski definition) is 1. The van der Waals surface area contributed by atoms with E-state index in [9.17, 15) is 9.59 Å². The molecule has 0 spiro atoms. The van der Waals surface area contributed by atoms with Gasteiger partial charge in [-0.3, -0.25) is 4.79 Å². The van der Waals surface area contributed by atoms with Crippen LogP contribution in [0, 0.1) is 0 Å². The third kappa shape index (κ3) is 7.90. The molecule has 122 valence electrons. The van der Waals surface area contributed by atoms with Crippen molar-refractivity contribution in [1.82, 2.24) is 10.2 Å². The summed E-state index contributed by atoms with van der Waals surface area (Å²) in [5, 5.41) is 2.90. The predicted octanol–water partition coefficient (Wildman–Crippen LogP) is 1.93. The normalized spacial score (nSPS) is 17.3. The summed E-state index contributed by atoms with van der Waals surface area (Å²) in [6, 6.07) is 0.152. The third-order valence-electron chi connectivity index (χ3n) is 3.25. The van der Waals surface area contributed by atoms with E-state index in [1.807, 2.05) is 27.7 Å². The Balaban J connectivity index is 2.20. The lowest BCUT2D eigenvalue weighted by Gasteiger charge is -2.32. The van der Waals surface area contributed by atoms with Crippen LogP contribution in [0.2, 0.25) is 0 Å². The zero-order chi connectivity index (χ0) is 15.9. The van der Waals surface area contributed by atoms with E-state index in [0.717, 1.165) is 32.5 Å². The first-order chi connectivity index (χ1) is 9.80. The number of piperidine rings is 1. The highest BCUT2D eigenvalue weighted by Gasteiger charge is 2.23. The second kappa shape index (κ2) is 8.22. The molecule has 6 heteroatoms. The number of alkyl carbamates (subject to hydrolysis) is 1. The first kappa shape index (κ1) is 17.8. The number of amides is 1. The molecule has 0 radical (unpaired) electrons. The van der Waals surface area contributed by atoms with E-state index in [2.05, 4.69) is 10.2 Å². The summed E-state index contributed by atoms with van der Waals surface area (Å²) in [4.78, 5) is 25.2. The summed E-state index contributed by atoms with van der Waals surface area (Å²) in [6.07, 6.45) is 1.83. The topological polar surface area (TPSA) is 67.9 Å². The molecule has 0 bridgehead atoms. The number of nitrogens with one attached hydrogen (secondary N) is 1. The molecule has 0 aromatic carbocycles. The molecule has 1 aliphatic heterocycles. The fourth-order valence-electron chi connectivity index (χ4n) is 2.26. The van der Waals surface area contributed by atoms with Gasteiger partial charge in [-0.25, -0.2) is 4.79 Å². The van der Waals surface area contributed by atoms with Crippen LogP contribution in [-0.2, 0) is 14.3 Å². The van der Waals surface area contributed by atoms with Crippen LogP contribution in [0.1, 0.15) is 47.0 Å². The van der Waals surface area contributed by atoms with Crippen molar-refractivity contribution in [1.29, 1.82) is 0 Å². The standard InChI is InChI=1S/C15H28N2O4/c1-5-20-13(18)8-11-17-9-6-12(7-10-17)16-14(19)21-15(2,3)4/h12H,5-11H2,1-4H3,(H,16,19). The predicted molar refractivity (Wildman–Crippen MR) is 80.1 cm³/mol. The Hall–Kier alpha value is -1.30. The Morgan fingerprint density at radius 3 is 2.38 bits per heavy atom. The summed E-state index contributed by atoms with van der Waals surface area (Å²) in [5.41, 5.74) is -0.468. The Bertz CT molecular complexity index is 344. The van der Waals surface area contributed by atoms with Gasteiger partial charge in [0.25, 0.3) is 0 Å². The van der Waals surface area contributed by atoms with E-state index in [0.29, 0.717) is 13.0 Å². The highest BCUT2D eigenvalue weighted by Crippen LogP contribution is 2.12. The van der Waals surface area contributed by atoms with Gasteiger partial charge in [0.05, 0.1) is 13.0 Å². The molecule has 0 saturated carbocycles. The van der Waals surface area contributed by atoms with E-state index in [-0.39, 0.29) is 18.1 Å². The number of carbonyl (C=O) groups is 2. The first-order valence-electron chi connectivity index (χ1n) is 7.67. The van der Waals surface area contributed by atoms with Gasteiger partial charge in [-0.05, 0) is 40.5 Å². The summed E-state index contributed by atoms with van der Waals surface area (Å²) in [6.45, 7) is 10.3. The lowest BCUT2D eigenvalue weighted by molar-refractivity contribution is -0.143. The van der Waals surface area contributed by atoms with Crippen molar-refractivity contribution in [2.75, 3.05) is 26.2 Å². The highest BCUT2D eigenvalue weighted by atomic mass is 16.6. The molecule has 21 heavy (non-hydrogen) atoms. The van der Waals surface area contributed by atoms with Gasteiger partial charge in [0, 0.05) is 25.7 Å². The molecular weight excluding hydrogens is 272 g/mol. The van der Waals surface area contributed by atoms with E-state index >= 15 is 0 Å². The zero-order valence-electron chi connectivity index (χ0n) is 13.6. The van der Waals surface area contributed by atoms with Crippen LogP contribution in [0.4, 0.5) is 4.79 Å². The zero-order valence-corrected chi connectivity index (χ0v) is 13.6. The monoisotopic (exact) mass is 300 g/mol. The first-order valence-corrected chi connectivity index (χ1v) is 7.67. The molecule has 1 amide bonds. The molecule has 1 aliphatic rings. The molecule has 0 aromatic heterocycles. The summed E-state index contributed by atoms with van der Waals surface area (Å²) < 4.78 is 10.2. The summed E-state index contributed by atoms with van der Waals surface area (Å²) in [5.74, 6) is -0.147. The Morgan fingerprint density at radius 1 is 1.24 bits per heavy atom. The van der Waals surface area contributed by atoms with Gasteiger partial charge in [0.2, 0.25) is 0 Å². The van der Waals surface area contributed by atoms with Crippen LogP contribution in [0.25, 0.3) is 0 Å². The Morgan fingerprint density at radius 2 is 1.86 bits per heavy atom. The quantitative estimate of drug-likeness (QED) is 0.786. The summed E-state index contributed by atoms with van der Waals surface area (Å²) >= 11 is 0. The van der Waals surface area contributed by atoms with Crippen molar-refractivity contribution < 1.29 is 19.1 Å². The van der Waals surface area contributed by atoms with Crippen LogP contribution in [-0.4, -0.2) is 54.8 Å². The number of carbonyl (C=O) groups excluding carboxylic acids is 2. The molecule has 1 N–H and O–H groups in total. The molecule has 0 aliphatic carbocycles. The van der Waals surface area contributed by atoms with Crippen LogP contribution in [0.5, 0.6) is 0 Å².